The molecule has 0 aliphatic rings. The molecule has 2 aromatic rings. The number of aryl methyl sites for hydroxylation is 3. The van der Waals surface area contributed by atoms with Gasteiger partial charge >= 0.3 is 0 Å². The van der Waals surface area contributed by atoms with Gasteiger partial charge < -0.3 is 10.4 Å². The smallest absolute Gasteiger partial charge is 0.127 e. The molecule has 0 saturated heterocycles. The number of hydrogen-bond donors (Lipinski definition) is 2. The molecule has 4 heteroatoms. The molecular weight excluding hydrogens is 274 g/mol. The van der Waals surface area contributed by atoms with Crippen LogP contribution in [0.3, 0.4) is 0 Å². The number of aliphatic hydroxyl groups is 1. The first kappa shape index (κ1) is 16.6. The molecule has 2 N–H and O–H groups in total. The maximum absolute atomic E-state index is 9.17. The number of aromatic nitrogens is 2. The summed E-state index contributed by atoms with van der Waals surface area (Å²) in [5.74, 6) is 1.03. The quantitative estimate of drug-likeness (QED) is 0.825. The summed E-state index contributed by atoms with van der Waals surface area (Å²) in [4.78, 5) is 0. The Morgan fingerprint density at radius 2 is 2.05 bits per heavy atom. The van der Waals surface area contributed by atoms with E-state index in [0.29, 0.717) is 12.6 Å². The van der Waals surface area contributed by atoms with Crippen LogP contribution in [0.1, 0.15) is 35.7 Å². The first-order valence-electron chi connectivity index (χ1n) is 7.98. The van der Waals surface area contributed by atoms with Crippen LogP contribution in [-0.2, 0) is 13.0 Å². The Bertz CT molecular complexity index is 619. The third-order valence-electron chi connectivity index (χ3n) is 4.07. The summed E-state index contributed by atoms with van der Waals surface area (Å²) in [6, 6.07) is 9.04. The average Bonchev–Trinajstić information content (AvgIpc) is 2.73. The van der Waals surface area contributed by atoms with Crippen LogP contribution in [-0.4, -0.2) is 27.5 Å². The van der Waals surface area contributed by atoms with Gasteiger partial charge in [-0.3, -0.25) is 0 Å². The SMILES string of the molecule is Cc1cccc(CCC(C)Nc2c(C)c(C)nn2CCO)c1. The molecule has 2 rings (SSSR count). The molecule has 4 nitrogen and oxygen atoms in total. The molecule has 1 unspecified atom stereocenters. The van der Waals surface area contributed by atoms with Crippen LogP contribution in [0.5, 0.6) is 0 Å². The van der Waals surface area contributed by atoms with Gasteiger partial charge in [0.25, 0.3) is 0 Å². The van der Waals surface area contributed by atoms with Crippen LogP contribution in [0.15, 0.2) is 24.3 Å². The van der Waals surface area contributed by atoms with Gasteiger partial charge in [-0.2, -0.15) is 5.10 Å². The van der Waals surface area contributed by atoms with Gasteiger partial charge in [-0.15, -0.1) is 0 Å². The Labute approximate surface area is 133 Å². The number of rotatable bonds is 7. The molecule has 1 atom stereocenters. The zero-order valence-electron chi connectivity index (χ0n) is 14.1. The highest BCUT2D eigenvalue weighted by Crippen LogP contribution is 2.20. The van der Waals surface area contributed by atoms with E-state index >= 15 is 0 Å². The lowest BCUT2D eigenvalue weighted by molar-refractivity contribution is 0.270. The van der Waals surface area contributed by atoms with Crippen LogP contribution in [0.4, 0.5) is 5.82 Å². The summed E-state index contributed by atoms with van der Waals surface area (Å²) < 4.78 is 1.87. The van der Waals surface area contributed by atoms with E-state index in [0.717, 1.165) is 29.9 Å². The molecule has 0 radical (unpaired) electrons. The first-order chi connectivity index (χ1) is 10.5. The van der Waals surface area contributed by atoms with Gasteiger partial charge in [0, 0.05) is 11.6 Å². The number of aliphatic hydroxyl groups excluding tert-OH is 1. The minimum absolute atomic E-state index is 0.104. The second kappa shape index (κ2) is 7.45. The maximum atomic E-state index is 9.17. The molecule has 120 valence electrons. The van der Waals surface area contributed by atoms with Gasteiger partial charge in [0.1, 0.15) is 5.82 Å². The molecule has 1 aromatic carbocycles. The highest BCUT2D eigenvalue weighted by molar-refractivity contribution is 5.47. The zero-order chi connectivity index (χ0) is 16.1. The average molecular weight is 301 g/mol. The van der Waals surface area contributed by atoms with E-state index in [4.69, 9.17) is 5.11 Å². The zero-order valence-corrected chi connectivity index (χ0v) is 14.1. The Kier molecular flexibility index (Phi) is 5.61. The Morgan fingerprint density at radius 3 is 2.73 bits per heavy atom. The third-order valence-corrected chi connectivity index (χ3v) is 4.07. The second-order valence-electron chi connectivity index (χ2n) is 6.08. The van der Waals surface area contributed by atoms with Crippen molar-refractivity contribution in [2.45, 2.75) is 53.1 Å². The summed E-state index contributed by atoms with van der Waals surface area (Å²) in [5.41, 5.74) is 4.87. The first-order valence-corrected chi connectivity index (χ1v) is 7.98. The summed E-state index contributed by atoms with van der Waals surface area (Å²) in [7, 11) is 0. The Balaban J connectivity index is 1.98. The molecule has 1 heterocycles. The predicted molar refractivity (Wildman–Crippen MR) is 91.4 cm³/mol. The molecule has 0 aliphatic carbocycles. The van der Waals surface area contributed by atoms with Crippen molar-refractivity contribution in [2.75, 3.05) is 11.9 Å². The van der Waals surface area contributed by atoms with Crippen molar-refractivity contribution in [1.82, 2.24) is 9.78 Å². The molecular formula is C18H27N3O. The van der Waals surface area contributed by atoms with Crippen LogP contribution in [0, 0.1) is 20.8 Å². The summed E-state index contributed by atoms with van der Waals surface area (Å²) in [5, 5.41) is 17.2. The van der Waals surface area contributed by atoms with Gasteiger partial charge in [-0.05, 0) is 46.1 Å². The molecule has 0 fully saturated rings. The molecule has 0 saturated carbocycles. The van der Waals surface area contributed by atoms with E-state index in [1.54, 1.807) is 0 Å². The minimum Gasteiger partial charge on any atom is -0.394 e. The van der Waals surface area contributed by atoms with Crippen molar-refractivity contribution in [2.24, 2.45) is 0 Å². The molecule has 0 aliphatic heterocycles. The Hall–Kier alpha value is -1.81. The monoisotopic (exact) mass is 301 g/mol. The van der Waals surface area contributed by atoms with Crippen LogP contribution in [0.2, 0.25) is 0 Å². The van der Waals surface area contributed by atoms with Gasteiger partial charge in [-0.25, -0.2) is 4.68 Å². The lowest BCUT2D eigenvalue weighted by Crippen LogP contribution is -2.20. The van der Waals surface area contributed by atoms with Gasteiger partial charge in [0.2, 0.25) is 0 Å². The van der Waals surface area contributed by atoms with Gasteiger partial charge in [0.15, 0.2) is 0 Å². The van der Waals surface area contributed by atoms with Crippen LogP contribution >= 0.6 is 0 Å². The predicted octanol–water partition coefficient (Wildman–Crippen LogP) is 3.23. The molecule has 0 amide bonds. The maximum Gasteiger partial charge on any atom is 0.127 e. The van der Waals surface area contributed by atoms with Gasteiger partial charge in [-0.1, -0.05) is 29.8 Å². The van der Waals surface area contributed by atoms with Crippen molar-refractivity contribution in [3.8, 4) is 0 Å². The highest BCUT2D eigenvalue weighted by Gasteiger charge is 2.13. The fourth-order valence-corrected chi connectivity index (χ4v) is 2.67. The third kappa shape index (κ3) is 4.10. The normalized spacial score (nSPS) is 12.4. The molecule has 0 spiro atoms. The highest BCUT2D eigenvalue weighted by atomic mass is 16.3. The van der Waals surface area contributed by atoms with Crippen molar-refractivity contribution in [3.05, 3.63) is 46.6 Å². The standard InChI is InChI=1S/C18H27N3O/c1-13-6-5-7-17(12-13)9-8-14(2)19-18-15(3)16(4)20-21(18)10-11-22/h5-7,12,14,19,22H,8-11H2,1-4H3. The van der Waals surface area contributed by atoms with Crippen molar-refractivity contribution < 1.29 is 5.11 Å². The van der Waals surface area contributed by atoms with E-state index in [2.05, 4.69) is 55.5 Å². The molecule has 0 bridgehead atoms. The summed E-state index contributed by atoms with van der Waals surface area (Å²) in [6.07, 6.45) is 2.12. The number of nitrogens with zero attached hydrogens (tertiary/aromatic N) is 2. The van der Waals surface area contributed by atoms with E-state index in [9.17, 15) is 0 Å². The molecule has 1 aromatic heterocycles. The lowest BCUT2D eigenvalue weighted by Gasteiger charge is -2.17. The van der Waals surface area contributed by atoms with E-state index in [1.807, 2.05) is 11.6 Å². The van der Waals surface area contributed by atoms with Gasteiger partial charge in [0.05, 0.1) is 18.8 Å². The number of anilines is 1. The molecule has 22 heavy (non-hydrogen) atoms. The van der Waals surface area contributed by atoms with Crippen LogP contribution < -0.4 is 5.32 Å². The van der Waals surface area contributed by atoms with Crippen molar-refractivity contribution in [1.29, 1.82) is 0 Å². The summed E-state index contributed by atoms with van der Waals surface area (Å²) >= 11 is 0. The number of hydrogen-bond acceptors (Lipinski definition) is 3. The van der Waals surface area contributed by atoms with Crippen molar-refractivity contribution in [3.63, 3.8) is 0 Å². The Morgan fingerprint density at radius 1 is 1.27 bits per heavy atom. The largest absolute Gasteiger partial charge is 0.394 e. The fraction of sp³-hybridized carbons (Fsp3) is 0.500. The van der Waals surface area contributed by atoms with Crippen LogP contribution in [0.25, 0.3) is 0 Å². The van der Waals surface area contributed by atoms with Crippen molar-refractivity contribution >= 4 is 5.82 Å². The van der Waals surface area contributed by atoms with E-state index in [-0.39, 0.29) is 6.61 Å². The second-order valence-corrected chi connectivity index (χ2v) is 6.08. The van der Waals surface area contributed by atoms with E-state index in [1.165, 1.54) is 11.1 Å². The summed E-state index contributed by atoms with van der Waals surface area (Å²) in [6.45, 7) is 9.04. The lowest BCUT2D eigenvalue weighted by atomic mass is 10.0. The number of benzene rings is 1. The fourth-order valence-electron chi connectivity index (χ4n) is 2.67. The van der Waals surface area contributed by atoms with E-state index < -0.39 is 0 Å². The minimum atomic E-state index is 0.104. The topological polar surface area (TPSA) is 50.1 Å². The number of nitrogens with one attached hydrogen (secondary N) is 1.